The van der Waals surface area contributed by atoms with E-state index < -0.39 is 6.10 Å². The topological polar surface area (TPSA) is 55.5 Å². The second kappa shape index (κ2) is 10.7. The molecule has 0 amide bonds. The highest BCUT2D eigenvalue weighted by atomic mass is 16.5. The van der Waals surface area contributed by atoms with Gasteiger partial charge in [-0.2, -0.15) is 0 Å². The van der Waals surface area contributed by atoms with Crippen LogP contribution in [0.2, 0.25) is 0 Å². The first-order chi connectivity index (χ1) is 12.6. The number of ether oxygens (including phenoxy) is 1. The third-order valence-electron chi connectivity index (χ3n) is 5.45. The summed E-state index contributed by atoms with van der Waals surface area (Å²) in [6.45, 7) is 9.20. The lowest BCUT2D eigenvalue weighted by Gasteiger charge is -2.29. The summed E-state index contributed by atoms with van der Waals surface area (Å²) in [4.78, 5) is 0. The summed E-state index contributed by atoms with van der Waals surface area (Å²) in [6, 6.07) is 5.81. The number of rotatable bonds is 12. The molecule has 1 aromatic carbocycles. The Morgan fingerprint density at radius 3 is 2.65 bits per heavy atom. The quantitative estimate of drug-likeness (QED) is 0.375. The molecule has 0 radical (unpaired) electrons. The van der Waals surface area contributed by atoms with Crippen molar-refractivity contribution in [1.82, 2.24) is 0 Å². The summed E-state index contributed by atoms with van der Waals surface area (Å²) in [6.07, 6.45) is 9.32. The van der Waals surface area contributed by atoms with Crippen LogP contribution in [0, 0.1) is 0 Å². The maximum Gasteiger partial charge on any atom is 0.122 e. The van der Waals surface area contributed by atoms with E-state index in [1.54, 1.807) is 0 Å². The Balaban J connectivity index is 2.02. The number of aliphatic hydroxyl groups excluding tert-OH is 1. The molecule has 0 aliphatic heterocycles. The van der Waals surface area contributed by atoms with Crippen LogP contribution < -0.4 is 10.5 Å². The van der Waals surface area contributed by atoms with E-state index in [1.165, 1.54) is 37.7 Å². The first-order valence-electron chi connectivity index (χ1n) is 10.4. The fourth-order valence-corrected chi connectivity index (χ4v) is 3.55. The Labute approximate surface area is 159 Å². The minimum atomic E-state index is -0.656. The highest BCUT2D eigenvalue weighted by Gasteiger charge is 2.25. The molecule has 1 aliphatic carbocycles. The highest BCUT2D eigenvalue weighted by Crippen LogP contribution is 2.42. The van der Waals surface area contributed by atoms with E-state index in [0.717, 1.165) is 42.8 Å². The number of hydrogen-bond donors (Lipinski definition) is 2. The SMILES string of the molecule is C=C(CCCCC)C[C@@H](N)[C@H](O)c1ccc(OCCC)c(C2CCC2)c1. The van der Waals surface area contributed by atoms with Crippen LogP contribution in [0.15, 0.2) is 30.4 Å². The second-order valence-electron chi connectivity index (χ2n) is 7.79. The summed E-state index contributed by atoms with van der Waals surface area (Å²) in [5.41, 5.74) is 9.60. The lowest BCUT2D eigenvalue weighted by Crippen LogP contribution is -2.29. The van der Waals surface area contributed by atoms with Gasteiger partial charge in [0.25, 0.3) is 0 Å². The molecular weight excluding hydrogens is 322 g/mol. The third kappa shape index (κ3) is 5.85. The number of nitrogens with two attached hydrogens (primary N) is 1. The Morgan fingerprint density at radius 2 is 2.04 bits per heavy atom. The zero-order chi connectivity index (χ0) is 18.9. The highest BCUT2D eigenvalue weighted by molar-refractivity contribution is 5.41. The molecule has 0 bridgehead atoms. The molecule has 2 rings (SSSR count). The number of benzene rings is 1. The van der Waals surface area contributed by atoms with Gasteiger partial charge in [-0.15, -0.1) is 0 Å². The maximum absolute atomic E-state index is 10.8. The van der Waals surface area contributed by atoms with E-state index in [2.05, 4.69) is 26.5 Å². The van der Waals surface area contributed by atoms with Gasteiger partial charge in [-0.25, -0.2) is 0 Å². The summed E-state index contributed by atoms with van der Waals surface area (Å²) >= 11 is 0. The monoisotopic (exact) mass is 359 g/mol. The van der Waals surface area contributed by atoms with Crippen molar-refractivity contribution in [2.24, 2.45) is 5.73 Å². The Bertz CT molecular complexity index is 565. The van der Waals surface area contributed by atoms with Crippen LogP contribution in [-0.4, -0.2) is 17.8 Å². The van der Waals surface area contributed by atoms with E-state index in [4.69, 9.17) is 10.5 Å². The average molecular weight is 360 g/mol. The average Bonchev–Trinajstić information content (AvgIpc) is 2.58. The van der Waals surface area contributed by atoms with Gasteiger partial charge in [-0.1, -0.05) is 51.3 Å². The van der Waals surface area contributed by atoms with Gasteiger partial charge in [0.05, 0.1) is 12.7 Å². The molecular formula is C23H37NO2. The van der Waals surface area contributed by atoms with Crippen LogP contribution >= 0.6 is 0 Å². The van der Waals surface area contributed by atoms with Gasteiger partial charge in [-0.05, 0) is 67.7 Å². The molecule has 1 aromatic rings. The van der Waals surface area contributed by atoms with Crippen molar-refractivity contribution in [1.29, 1.82) is 0 Å². The third-order valence-corrected chi connectivity index (χ3v) is 5.45. The first kappa shape index (κ1) is 21.0. The molecule has 0 unspecified atom stereocenters. The van der Waals surface area contributed by atoms with Crippen LogP contribution in [0.4, 0.5) is 0 Å². The minimum Gasteiger partial charge on any atom is -0.493 e. The molecule has 3 heteroatoms. The van der Waals surface area contributed by atoms with Crippen molar-refractivity contribution in [2.45, 2.75) is 89.7 Å². The summed E-state index contributed by atoms with van der Waals surface area (Å²) in [7, 11) is 0. The molecule has 2 atom stereocenters. The fourth-order valence-electron chi connectivity index (χ4n) is 3.55. The predicted octanol–water partition coefficient (Wildman–Crippen LogP) is 5.63. The number of unbranched alkanes of at least 4 members (excludes halogenated alkanes) is 2. The molecule has 0 spiro atoms. The van der Waals surface area contributed by atoms with E-state index in [9.17, 15) is 5.11 Å². The van der Waals surface area contributed by atoms with Crippen molar-refractivity contribution in [2.75, 3.05) is 6.61 Å². The Morgan fingerprint density at radius 1 is 1.27 bits per heavy atom. The second-order valence-corrected chi connectivity index (χ2v) is 7.79. The zero-order valence-corrected chi connectivity index (χ0v) is 16.7. The van der Waals surface area contributed by atoms with Crippen molar-refractivity contribution in [3.05, 3.63) is 41.5 Å². The minimum absolute atomic E-state index is 0.305. The van der Waals surface area contributed by atoms with Crippen LogP contribution in [0.25, 0.3) is 0 Å². The van der Waals surface area contributed by atoms with E-state index >= 15 is 0 Å². The lowest BCUT2D eigenvalue weighted by molar-refractivity contribution is 0.145. The molecule has 3 N–H and O–H groups in total. The molecule has 3 nitrogen and oxygen atoms in total. The van der Waals surface area contributed by atoms with Crippen LogP contribution in [0.3, 0.4) is 0 Å². The largest absolute Gasteiger partial charge is 0.493 e. The van der Waals surface area contributed by atoms with Crippen LogP contribution in [0.1, 0.15) is 94.8 Å². The summed E-state index contributed by atoms with van der Waals surface area (Å²) in [5.74, 6) is 1.54. The molecule has 146 valence electrons. The molecule has 1 saturated carbocycles. The molecule has 0 heterocycles. The summed E-state index contributed by atoms with van der Waals surface area (Å²) < 4.78 is 5.93. The van der Waals surface area contributed by atoms with Gasteiger partial charge in [0.2, 0.25) is 0 Å². The lowest BCUT2D eigenvalue weighted by atomic mass is 9.78. The van der Waals surface area contributed by atoms with Crippen molar-refractivity contribution >= 4 is 0 Å². The normalized spacial score (nSPS) is 16.8. The van der Waals surface area contributed by atoms with Crippen LogP contribution in [0.5, 0.6) is 5.75 Å². The Kier molecular flexibility index (Phi) is 8.67. The maximum atomic E-state index is 10.8. The smallest absolute Gasteiger partial charge is 0.122 e. The van der Waals surface area contributed by atoms with E-state index in [-0.39, 0.29) is 6.04 Å². The van der Waals surface area contributed by atoms with Crippen LogP contribution in [-0.2, 0) is 0 Å². The fraction of sp³-hybridized carbons (Fsp3) is 0.652. The van der Waals surface area contributed by atoms with E-state index in [0.29, 0.717) is 12.3 Å². The van der Waals surface area contributed by atoms with Gasteiger partial charge in [0.15, 0.2) is 0 Å². The van der Waals surface area contributed by atoms with Crippen molar-refractivity contribution in [3.8, 4) is 5.75 Å². The van der Waals surface area contributed by atoms with Gasteiger partial charge in [-0.3, -0.25) is 0 Å². The molecule has 1 fully saturated rings. The van der Waals surface area contributed by atoms with Crippen molar-refractivity contribution in [3.63, 3.8) is 0 Å². The predicted molar refractivity (Wildman–Crippen MR) is 110 cm³/mol. The van der Waals surface area contributed by atoms with Crippen molar-refractivity contribution < 1.29 is 9.84 Å². The zero-order valence-electron chi connectivity index (χ0n) is 16.7. The number of hydrogen-bond acceptors (Lipinski definition) is 3. The number of aliphatic hydroxyl groups is 1. The van der Waals surface area contributed by atoms with Gasteiger partial charge >= 0.3 is 0 Å². The Hall–Kier alpha value is -1.32. The van der Waals surface area contributed by atoms with Gasteiger partial charge in [0.1, 0.15) is 5.75 Å². The molecule has 26 heavy (non-hydrogen) atoms. The molecule has 0 saturated heterocycles. The van der Waals surface area contributed by atoms with E-state index in [1.807, 2.05) is 12.1 Å². The van der Waals surface area contributed by atoms with Gasteiger partial charge in [0, 0.05) is 6.04 Å². The standard InChI is InChI=1S/C23H37NO2/c1-4-6-7-9-17(3)15-21(24)23(25)19-12-13-22(26-14-5-2)20(16-19)18-10-8-11-18/h12-13,16,18,21,23,25H,3-11,14-15,24H2,1-2H3/t21-,23-/m1/s1. The molecule has 0 aromatic heterocycles. The molecule has 1 aliphatic rings. The first-order valence-corrected chi connectivity index (χ1v) is 10.4. The summed E-state index contributed by atoms with van der Waals surface area (Å²) in [5, 5.41) is 10.8. The van der Waals surface area contributed by atoms with Gasteiger partial charge < -0.3 is 15.6 Å².